The van der Waals surface area contributed by atoms with Gasteiger partial charge in [0.15, 0.2) is 0 Å². The summed E-state index contributed by atoms with van der Waals surface area (Å²) in [5, 5.41) is 5.30. The summed E-state index contributed by atoms with van der Waals surface area (Å²) in [7, 11) is 2.14. The molecule has 7 heteroatoms. The van der Waals surface area contributed by atoms with Gasteiger partial charge in [0.2, 0.25) is 5.91 Å². The highest BCUT2D eigenvalue weighted by Crippen LogP contribution is 2.45. The lowest BCUT2D eigenvalue weighted by Crippen LogP contribution is -2.47. The molecule has 6 nitrogen and oxygen atoms in total. The monoisotopic (exact) mass is 502 g/mol. The van der Waals surface area contributed by atoms with Crippen molar-refractivity contribution in [2.75, 3.05) is 50.0 Å². The van der Waals surface area contributed by atoms with Gasteiger partial charge >= 0.3 is 0 Å². The molecule has 2 aliphatic rings. The molecule has 2 aromatic carbocycles. The third kappa shape index (κ3) is 4.77. The first-order valence-corrected chi connectivity index (χ1v) is 13.6. The molecule has 0 bridgehead atoms. The highest BCUT2D eigenvalue weighted by atomic mass is 32.1. The van der Waals surface area contributed by atoms with Crippen LogP contribution in [0.1, 0.15) is 46.6 Å². The summed E-state index contributed by atoms with van der Waals surface area (Å²) in [6.45, 7) is 8.64. The van der Waals surface area contributed by atoms with Crippen molar-refractivity contribution in [2.45, 2.75) is 25.8 Å². The van der Waals surface area contributed by atoms with Crippen LogP contribution in [0.25, 0.3) is 0 Å². The standard InChI is InChI=1S/C29H34N4O2S/c1-20(2)19-33-27(25-13-8-18-36-25)26(21-9-4-5-10-22(21)29(33)35)28(34)30-23-11-6-7-12-24(23)32-16-14-31(3)15-17-32/h4-13,18,20,26-27H,14-17,19H2,1-3H3,(H,30,34)/t26-,27-/m1/s1. The second-order valence-electron chi connectivity index (χ2n) is 10.2. The summed E-state index contributed by atoms with van der Waals surface area (Å²) in [6.07, 6.45) is 0. The fourth-order valence-electron chi connectivity index (χ4n) is 5.36. The number of carbonyl (C=O) groups excluding carboxylic acids is 2. The topological polar surface area (TPSA) is 55.9 Å². The second-order valence-corrected chi connectivity index (χ2v) is 11.2. The second kappa shape index (κ2) is 10.4. The number of para-hydroxylation sites is 2. The molecule has 1 fully saturated rings. The first kappa shape index (κ1) is 24.5. The van der Waals surface area contributed by atoms with Crippen LogP contribution in [0.3, 0.4) is 0 Å². The predicted molar refractivity (Wildman–Crippen MR) is 147 cm³/mol. The van der Waals surface area contributed by atoms with E-state index in [4.69, 9.17) is 0 Å². The number of hydrogen-bond donors (Lipinski definition) is 1. The molecule has 3 heterocycles. The molecule has 3 aromatic rings. The fraction of sp³-hybridized carbons (Fsp3) is 0.379. The van der Waals surface area contributed by atoms with E-state index in [0.29, 0.717) is 12.1 Å². The van der Waals surface area contributed by atoms with E-state index < -0.39 is 5.92 Å². The minimum Gasteiger partial charge on any atom is -0.367 e. The summed E-state index contributed by atoms with van der Waals surface area (Å²) in [5.74, 6) is -0.302. The van der Waals surface area contributed by atoms with E-state index in [0.717, 1.165) is 48.0 Å². The Morgan fingerprint density at radius 2 is 1.72 bits per heavy atom. The molecule has 0 unspecified atom stereocenters. The van der Waals surface area contributed by atoms with Crippen LogP contribution in [0.15, 0.2) is 66.0 Å². The molecular weight excluding hydrogens is 468 g/mol. The Labute approximate surface area is 217 Å². The Hall–Kier alpha value is -3.16. The number of benzene rings is 2. The van der Waals surface area contributed by atoms with Crippen LogP contribution in [0.5, 0.6) is 0 Å². The van der Waals surface area contributed by atoms with E-state index in [2.05, 4.69) is 42.1 Å². The molecular formula is C29H34N4O2S. The number of piperazine rings is 1. The molecule has 1 saturated heterocycles. The van der Waals surface area contributed by atoms with Gasteiger partial charge < -0.3 is 20.0 Å². The van der Waals surface area contributed by atoms with Gasteiger partial charge in [-0.2, -0.15) is 0 Å². The Kier molecular flexibility index (Phi) is 7.12. The van der Waals surface area contributed by atoms with Crippen molar-refractivity contribution in [1.82, 2.24) is 9.80 Å². The third-order valence-corrected chi connectivity index (χ3v) is 8.07. The highest BCUT2D eigenvalue weighted by Gasteiger charge is 2.44. The maximum Gasteiger partial charge on any atom is 0.254 e. The molecule has 1 N–H and O–H groups in total. The first-order chi connectivity index (χ1) is 17.4. The minimum atomic E-state index is -0.503. The lowest BCUT2D eigenvalue weighted by molar-refractivity contribution is -0.119. The smallest absolute Gasteiger partial charge is 0.254 e. The van der Waals surface area contributed by atoms with Crippen molar-refractivity contribution in [3.05, 3.63) is 82.0 Å². The number of hydrogen-bond acceptors (Lipinski definition) is 5. The van der Waals surface area contributed by atoms with Crippen LogP contribution in [0.2, 0.25) is 0 Å². The van der Waals surface area contributed by atoms with Crippen molar-refractivity contribution in [3.63, 3.8) is 0 Å². The highest BCUT2D eigenvalue weighted by molar-refractivity contribution is 7.10. The van der Waals surface area contributed by atoms with Crippen LogP contribution in [0, 0.1) is 5.92 Å². The van der Waals surface area contributed by atoms with Crippen molar-refractivity contribution < 1.29 is 9.59 Å². The van der Waals surface area contributed by atoms with E-state index in [1.165, 1.54) is 0 Å². The number of nitrogens with zero attached hydrogens (tertiary/aromatic N) is 3. The van der Waals surface area contributed by atoms with Crippen LogP contribution in [0.4, 0.5) is 11.4 Å². The summed E-state index contributed by atoms with van der Waals surface area (Å²) >= 11 is 1.60. The van der Waals surface area contributed by atoms with Gasteiger partial charge in [0, 0.05) is 43.2 Å². The molecule has 5 rings (SSSR count). The van der Waals surface area contributed by atoms with Gasteiger partial charge in [-0.1, -0.05) is 50.2 Å². The number of anilines is 2. The van der Waals surface area contributed by atoms with E-state index in [1.54, 1.807) is 11.3 Å². The van der Waals surface area contributed by atoms with Gasteiger partial charge in [-0.05, 0) is 48.2 Å². The lowest BCUT2D eigenvalue weighted by atomic mass is 9.81. The molecule has 0 saturated carbocycles. The van der Waals surface area contributed by atoms with Gasteiger partial charge in [-0.15, -0.1) is 11.3 Å². The molecule has 188 valence electrons. The zero-order chi connectivity index (χ0) is 25.2. The summed E-state index contributed by atoms with van der Waals surface area (Å²) in [5.41, 5.74) is 3.29. The summed E-state index contributed by atoms with van der Waals surface area (Å²) in [4.78, 5) is 35.5. The minimum absolute atomic E-state index is 0.000383. The number of rotatable bonds is 6. The van der Waals surface area contributed by atoms with Gasteiger partial charge in [0.1, 0.15) is 0 Å². The van der Waals surface area contributed by atoms with E-state index in [1.807, 2.05) is 64.9 Å². The number of likely N-dealkylation sites (N-methyl/N-ethyl adjacent to an activating group) is 1. The third-order valence-electron chi connectivity index (χ3n) is 7.12. The number of thiophene rings is 1. The number of fused-ring (bicyclic) bond motifs is 1. The van der Waals surface area contributed by atoms with Gasteiger partial charge in [-0.3, -0.25) is 9.59 Å². The van der Waals surface area contributed by atoms with Crippen LogP contribution in [-0.4, -0.2) is 61.4 Å². The van der Waals surface area contributed by atoms with Crippen LogP contribution < -0.4 is 10.2 Å². The molecule has 36 heavy (non-hydrogen) atoms. The maximum atomic E-state index is 14.2. The zero-order valence-corrected chi connectivity index (χ0v) is 22.0. The van der Waals surface area contributed by atoms with E-state index in [-0.39, 0.29) is 23.8 Å². The quantitative estimate of drug-likeness (QED) is 0.511. The summed E-state index contributed by atoms with van der Waals surface area (Å²) < 4.78 is 0. The average molecular weight is 503 g/mol. The normalized spacial score (nSPS) is 20.5. The molecule has 2 aliphatic heterocycles. The molecule has 0 aliphatic carbocycles. The van der Waals surface area contributed by atoms with Crippen molar-refractivity contribution in [3.8, 4) is 0 Å². The molecule has 1 aromatic heterocycles. The molecule has 2 amide bonds. The number of nitrogens with one attached hydrogen (secondary N) is 1. The van der Waals surface area contributed by atoms with Crippen molar-refractivity contribution in [1.29, 1.82) is 0 Å². The Morgan fingerprint density at radius 1 is 1.00 bits per heavy atom. The van der Waals surface area contributed by atoms with Gasteiger partial charge in [0.25, 0.3) is 5.91 Å². The van der Waals surface area contributed by atoms with Crippen LogP contribution in [-0.2, 0) is 4.79 Å². The Balaban J connectivity index is 1.54. The SMILES string of the molecule is CC(C)CN1C(=O)c2ccccc2[C@@H](C(=O)Nc2ccccc2N2CCN(C)CC2)[C@H]1c1cccs1. The van der Waals surface area contributed by atoms with Gasteiger partial charge in [0.05, 0.1) is 23.3 Å². The largest absolute Gasteiger partial charge is 0.367 e. The number of amides is 2. The molecule has 0 spiro atoms. The summed E-state index contributed by atoms with van der Waals surface area (Å²) in [6, 6.07) is 19.4. The molecule has 2 atom stereocenters. The van der Waals surface area contributed by atoms with Crippen molar-refractivity contribution in [2.24, 2.45) is 5.92 Å². The zero-order valence-electron chi connectivity index (χ0n) is 21.2. The lowest BCUT2D eigenvalue weighted by Gasteiger charge is -2.42. The van der Waals surface area contributed by atoms with E-state index in [9.17, 15) is 9.59 Å². The predicted octanol–water partition coefficient (Wildman–Crippen LogP) is 5.08. The average Bonchev–Trinajstić information content (AvgIpc) is 3.41. The number of carbonyl (C=O) groups is 2. The Bertz CT molecular complexity index is 1220. The fourth-order valence-corrected chi connectivity index (χ4v) is 6.23. The molecule has 0 radical (unpaired) electrons. The van der Waals surface area contributed by atoms with Crippen LogP contribution >= 0.6 is 11.3 Å². The first-order valence-electron chi connectivity index (χ1n) is 12.7. The van der Waals surface area contributed by atoms with E-state index >= 15 is 0 Å². The maximum absolute atomic E-state index is 14.2. The Morgan fingerprint density at radius 3 is 2.44 bits per heavy atom. The van der Waals surface area contributed by atoms with Crippen molar-refractivity contribution >= 4 is 34.5 Å². The van der Waals surface area contributed by atoms with Gasteiger partial charge in [-0.25, -0.2) is 0 Å².